The van der Waals surface area contributed by atoms with Crippen LogP contribution in [0.4, 0.5) is 0 Å². The standard InChI is InChI=1S/C6H8NOPS.C6H6NPS/c1-3-2-4(9)10-5(3)6(7)8;1-4-2-6(8)9-5(4)3-7/h2H,9H2,1H3,(H2,7,8);2H,8H2,1H3. The van der Waals surface area contributed by atoms with Gasteiger partial charge in [0.05, 0.1) is 4.88 Å². The number of thiophene rings is 2. The molecule has 0 saturated heterocycles. The number of carbonyl (C=O) groups excluding carboxylic acids is 1. The van der Waals surface area contributed by atoms with Crippen LogP contribution in [0.5, 0.6) is 0 Å². The second-order valence-electron chi connectivity index (χ2n) is 3.80. The average Bonchev–Trinajstić information content (AvgIpc) is 2.81. The molecule has 2 aromatic rings. The largest absolute Gasteiger partial charge is 0.365 e. The van der Waals surface area contributed by atoms with E-state index in [0.29, 0.717) is 4.88 Å². The molecule has 7 heteroatoms. The molecule has 2 rings (SSSR count). The fourth-order valence-corrected chi connectivity index (χ4v) is 4.11. The Labute approximate surface area is 125 Å². The molecule has 1 amide bonds. The molecule has 2 unspecified atom stereocenters. The molecule has 100 valence electrons. The highest BCUT2D eigenvalue weighted by Gasteiger charge is 2.07. The molecule has 0 aliphatic rings. The molecule has 0 spiro atoms. The summed E-state index contributed by atoms with van der Waals surface area (Å²) >= 11 is 2.93. The van der Waals surface area contributed by atoms with E-state index in [4.69, 9.17) is 11.0 Å². The SMILES string of the molecule is Cc1cc(P)sc1C#N.Cc1cc(P)sc1C(N)=O. The van der Waals surface area contributed by atoms with Crippen LogP contribution >= 0.6 is 41.2 Å². The molecule has 19 heavy (non-hydrogen) atoms. The smallest absolute Gasteiger partial charge is 0.259 e. The van der Waals surface area contributed by atoms with Crippen molar-refractivity contribution < 1.29 is 4.79 Å². The van der Waals surface area contributed by atoms with E-state index in [2.05, 4.69) is 24.5 Å². The summed E-state index contributed by atoms with van der Waals surface area (Å²) in [5.74, 6) is -0.337. The fourth-order valence-electron chi connectivity index (χ4n) is 1.37. The number of amides is 1. The number of hydrogen-bond acceptors (Lipinski definition) is 4. The van der Waals surface area contributed by atoms with Gasteiger partial charge in [0.2, 0.25) is 0 Å². The molecular formula is C12H14N2OP2S2. The first-order valence-electron chi connectivity index (χ1n) is 5.26. The minimum absolute atomic E-state index is 0.337. The Balaban J connectivity index is 0.000000191. The summed E-state index contributed by atoms with van der Waals surface area (Å²) in [6.45, 7) is 3.83. The van der Waals surface area contributed by atoms with E-state index < -0.39 is 0 Å². The zero-order valence-electron chi connectivity index (χ0n) is 10.6. The van der Waals surface area contributed by atoms with Crippen LogP contribution in [-0.2, 0) is 0 Å². The van der Waals surface area contributed by atoms with Crippen LogP contribution in [0.3, 0.4) is 0 Å². The summed E-state index contributed by atoms with van der Waals surface area (Å²) in [6, 6.07) is 6.04. The molecule has 2 atom stereocenters. The van der Waals surface area contributed by atoms with Crippen molar-refractivity contribution in [2.24, 2.45) is 5.73 Å². The Morgan fingerprint density at radius 1 is 1.21 bits per heavy atom. The van der Waals surface area contributed by atoms with Crippen LogP contribution in [0.25, 0.3) is 0 Å². The van der Waals surface area contributed by atoms with E-state index in [0.717, 1.165) is 25.2 Å². The predicted octanol–water partition coefficient (Wildman–Crippen LogP) is 2.08. The van der Waals surface area contributed by atoms with Gasteiger partial charge < -0.3 is 5.73 Å². The lowest BCUT2D eigenvalue weighted by Crippen LogP contribution is -2.09. The Bertz CT molecular complexity index is 641. The van der Waals surface area contributed by atoms with Gasteiger partial charge >= 0.3 is 0 Å². The highest BCUT2D eigenvalue weighted by molar-refractivity contribution is 7.44. The zero-order chi connectivity index (χ0) is 14.6. The van der Waals surface area contributed by atoms with Crippen molar-refractivity contribution in [2.75, 3.05) is 0 Å². The lowest BCUT2D eigenvalue weighted by atomic mass is 10.3. The van der Waals surface area contributed by atoms with Gasteiger partial charge in [-0.3, -0.25) is 4.79 Å². The predicted molar refractivity (Wildman–Crippen MR) is 90.0 cm³/mol. The van der Waals surface area contributed by atoms with Crippen molar-refractivity contribution in [3.63, 3.8) is 0 Å². The molecule has 3 nitrogen and oxygen atoms in total. The van der Waals surface area contributed by atoms with Crippen molar-refractivity contribution in [3.8, 4) is 6.07 Å². The fraction of sp³-hybridized carbons (Fsp3) is 0.167. The Morgan fingerprint density at radius 3 is 1.95 bits per heavy atom. The second-order valence-corrected chi connectivity index (χ2v) is 8.05. The third kappa shape index (κ3) is 4.67. The molecular weight excluding hydrogens is 314 g/mol. The number of nitrogens with two attached hydrogens (primary N) is 1. The van der Waals surface area contributed by atoms with E-state index in [1.165, 1.54) is 22.7 Å². The number of nitrogens with zero attached hydrogens (tertiary/aromatic N) is 1. The Kier molecular flexibility index (Phi) is 6.10. The average molecular weight is 328 g/mol. The summed E-state index contributed by atoms with van der Waals surface area (Å²) in [7, 11) is 5.12. The molecule has 0 aromatic carbocycles. The van der Waals surface area contributed by atoms with Crippen LogP contribution < -0.4 is 15.0 Å². The normalized spacial score (nSPS) is 9.42. The van der Waals surface area contributed by atoms with E-state index in [9.17, 15) is 4.79 Å². The number of carbonyl (C=O) groups is 1. The van der Waals surface area contributed by atoms with Crippen molar-refractivity contribution in [1.82, 2.24) is 0 Å². The van der Waals surface area contributed by atoms with E-state index >= 15 is 0 Å². The highest BCUT2D eigenvalue weighted by Crippen LogP contribution is 2.14. The van der Waals surface area contributed by atoms with E-state index in [1.807, 2.05) is 26.0 Å². The highest BCUT2D eigenvalue weighted by atomic mass is 32.1. The van der Waals surface area contributed by atoms with Crippen molar-refractivity contribution in [3.05, 3.63) is 33.0 Å². The van der Waals surface area contributed by atoms with Crippen molar-refractivity contribution in [1.29, 1.82) is 5.26 Å². The number of aryl methyl sites for hydroxylation is 2. The Hall–Kier alpha value is -0.780. The Morgan fingerprint density at radius 2 is 1.74 bits per heavy atom. The molecule has 2 N–H and O–H groups in total. The summed E-state index contributed by atoms with van der Waals surface area (Å²) in [5, 5.41) is 8.48. The van der Waals surface area contributed by atoms with Crippen LogP contribution in [0.2, 0.25) is 0 Å². The summed E-state index contributed by atoms with van der Waals surface area (Å²) in [4.78, 5) is 12.1. The molecule has 2 heterocycles. The second kappa shape index (κ2) is 7.12. The summed E-state index contributed by atoms with van der Waals surface area (Å²) in [5.41, 5.74) is 7.13. The zero-order valence-corrected chi connectivity index (χ0v) is 14.5. The third-order valence-corrected chi connectivity index (χ3v) is 5.29. The maximum atomic E-state index is 10.7. The van der Waals surface area contributed by atoms with Gasteiger partial charge in [-0.2, -0.15) is 5.26 Å². The van der Waals surface area contributed by atoms with Crippen molar-refractivity contribution in [2.45, 2.75) is 13.8 Å². The maximum absolute atomic E-state index is 10.7. The first kappa shape index (κ1) is 16.3. The van der Waals surface area contributed by atoms with Gasteiger partial charge in [0.25, 0.3) is 5.91 Å². The molecule has 0 aliphatic heterocycles. The van der Waals surface area contributed by atoms with Crippen LogP contribution in [0.1, 0.15) is 25.7 Å². The lowest BCUT2D eigenvalue weighted by molar-refractivity contribution is 0.100. The van der Waals surface area contributed by atoms with Gasteiger partial charge in [-0.05, 0) is 37.1 Å². The summed E-state index contributed by atoms with van der Waals surface area (Å²) < 4.78 is 2.18. The molecule has 0 radical (unpaired) electrons. The summed E-state index contributed by atoms with van der Waals surface area (Å²) in [6.07, 6.45) is 0. The number of primary amides is 1. The quantitative estimate of drug-likeness (QED) is 0.815. The van der Waals surface area contributed by atoms with Crippen molar-refractivity contribution >= 4 is 56.3 Å². The number of nitriles is 1. The van der Waals surface area contributed by atoms with Gasteiger partial charge in [-0.25, -0.2) is 0 Å². The van der Waals surface area contributed by atoms with Gasteiger partial charge in [0.1, 0.15) is 10.9 Å². The van der Waals surface area contributed by atoms with Gasteiger partial charge in [0, 0.05) is 9.24 Å². The van der Waals surface area contributed by atoms with Gasteiger partial charge in [-0.1, -0.05) is 18.5 Å². The minimum Gasteiger partial charge on any atom is -0.365 e. The first-order valence-corrected chi connectivity index (χ1v) is 8.05. The molecule has 0 fully saturated rings. The van der Waals surface area contributed by atoms with Gasteiger partial charge in [-0.15, -0.1) is 22.7 Å². The maximum Gasteiger partial charge on any atom is 0.259 e. The molecule has 0 aliphatic carbocycles. The monoisotopic (exact) mass is 328 g/mol. The molecule has 2 aromatic heterocycles. The number of rotatable bonds is 1. The lowest BCUT2D eigenvalue weighted by Gasteiger charge is -1.87. The third-order valence-electron chi connectivity index (χ3n) is 2.20. The molecule has 0 bridgehead atoms. The van der Waals surface area contributed by atoms with Crippen LogP contribution in [0.15, 0.2) is 12.1 Å². The first-order chi connectivity index (χ1) is 8.85. The van der Waals surface area contributed by atoms with Crippen LogP contribution in [0, 0.1) is 25.2 Å². The van der Waals surface area contributed by atoms with Gasteiger partial charge in [0.15, 0.2) is 0 Å². The topological polar surface area (TPSA) is 66.9 Å². The molecule has 0 saturated carbocycles. The number of hydrogen-bond donors (Lipinski definition) is 1. The van der Waals surface area contributed by atoms with E-state index in [1.54, 1.807) is 0 Å². The minimum atomic E-state index is -0.337. The van der Waals surface area contributed by atoms with Crippen LogP contribution in [-0.4, -0.2) is 5.91 Å². The van der Waals surface area contributed by atoms with E-state index in [-0.39, 0.29) is 5.91 Å².